The van der Waals surface area contributed by atoms with Gasteiger partial charge in [0.15, 0.2) is 0 Å². The Labute approximate surface area is 299 Å². The minimum Gasteiger partial charge on any atom is -0.310 e. The van der Waals surface area contributed by atoms with Crippen LogP contribution in [0.4, 0.5) is 0 Å². The van der Waals surface area contributed by atoms with E-state index >= 15 is 0 Å². The molecule has 0 N–H and O–H groups in total. The molecule has 1 aliphatic carbocycles. The van der Waals surface area contributed by atoms with Crippen LogP contribution in [-0.2, 0) is 6.42 Å². The van der Waals surface area contributed by atoms with Crippen molar-refractivity contribution in [1.82, 2.24) is 9.13 Å². The molecule has 0 amide bonds. The number of fused-ring (bicyclic) bond motifs is 4. The van der Waals surface area contributed by atoms with Crippen molar-refractivity contribution in [2.45, 2.75) is 19.3 Å². The quantitative estimate of drug-likeness (QED) is 0.162. The van der Waals surface area contributed by atoms with Gasteiger partial charge in [0.25, 0.3) is 0 Å². The van der Waals surface area contributed by atoms with Crippen LogP contribution in [0, 0.1) is 0 Å². The van der Waals surface area contributed by atoms with Gasteiger partial charge >= 0.3 is 0 Å². The molecule has 244 valence electrons. The van der Waals surface area contributed by atoms with Gasteiger partial charge in [0.2, 0.25) is 0 Å². The Hall–Kier alpha value is -6.38. The zero-order valence-electron chi connectivity index (χ0n) is 28.7. The molecule has 1 aliphatic rings. The normalized spacial score (nSPS) is 14.0. The molecule has 1 atom stereocenters. The highest BCUT2D eigenvalue weighted by molar-refractivity contribution is 5.98. The van der Waals surface area contributed by atoms with Crippen LogP contribution in [0.3, 0.4) is 0 Å². The van der Waals surface area contributed by atoms with Crippen LogP contribution < -0.4 is 0 Å². The summed E-state index contributed by atoms with van der Waals surface area (Å²) in [5.41, 5.74) is 15.9. The van der Waals surface area contributed by atoms with E-state index in [1.165, 1.54) is 72.1 Å². The summed E-state index contributed by atoms with van der Waals surface area (Å²) in [5.74, 6) is 0.193. The van der Waals surface area contributed by atoms with E-state index in [0.29, 0.717) is 0 Å². The third kappa shape index (κ3) is 5.19. The molecule has 0 aliphatic heterocycles. The molecule has 0 radical (unpaired) electrons. The first-order valence-corrected chi connectivity index (χ1v) is 17.8. The molecule has 9 rings (SSSR count). The summed E-state index contributed by atoms with van der Waals surface area (Å²) >= 11 is 0. The van der Waals surface area contributed by atoms with E-state index in [4.69, 9.17) is 0 Å². The molecule has 2 heterocycles. The van der Waals surface area contributed by atoms with Crippen molar-refractivity contribution in [1.29, 1.82) is 0 Å². The van der Waals surface area contributed by atoms with E-state index < -0.39 is 0 Å². The second-order valence-corrected chi connectivity index (χ2v) is 13.3. The van der Waals surface area contributed by atoms with Crippen LogP contribution in [0.2, 0.25) is 0 Å². The number of hydrogen-bond donors (Lipinski definition) is 0. The summed E-state index contributed by atoms with van der Waals surface area (Å²) in [5, 5.41) is 2.55. The summed E-state index contributed by atoms with van der Waals surface area (Å²) in [7, 11) is 0. The lowest BCUT2D eigenvalue weighted by Gasteiger charge is -2.22. The molecule has 0 saturated heterocycles. The molecule has 8 aromatic rings. The van der Waals surface area contributed by atoms with E-state index in [1.54, 1.807) is 0 Å². The highest BCUT2D eigenvalue weighted by atomic mass is 15.0. The Morgan fingerprint density at radius 2 is 1.20 bits per heavy atom. The standard InChI is InChI=1S/C49H38N2/c1-3-16-42-44-27-15-26-41(49(44)51(46(42)4-2)40-24-14-22-37(32-40)35-19-9-6-10-20-35)38-29-30-48-45(33-38)43-25-11-12-28-47(43)50(48)39-23-13-21-36(31-39)34-17-7-5-8-18-34/h3-32,38H,2,33H2,1H3/b16-3-. The van der Waals surface area contributed by atoms with Crippen LogP contribution in [0.15, 0.2) is 170 Å². The van der Waals surface area contributed by atoms with E-state index in [0.717, 1.165) is 17.8 Å². The van der Waals surface area contributed by atoms with Crippen molar-refractivity contribution in [3.63, 3.8) is 0 Å². The molecule has 1 unspecified atom stereocenters. The van der Waals surface area contributed by atoms with Crippen molar-refractivity contribution in [2.75, 3.05) is 0 Å². The van der Waals surface area contributed by atoms with Gasteiger partial charge in [0.1, 0.15) is 0 Å². The van der Waals surface area contributed by atoms with Gasteiger partial charge in [-0.15, -0.1) is 0 Å². The van der Waals surface area contributed by atoms with Gasteiger partial charge in [-0.3, -0.25) is 0 Å². The monoisotopic (exact) mass is 654 g/mol. The summed E-state index contributed by atoms with van der Waals surface area (Å²) in [6, 6.07) is 54.8. The molecule has 0 spiro atoms. The summed E-state index contributed by atoms with van der Waals surface area (Å²) in [6.07, 6.45) is 12.1. The first kappa shape index (κ1) is 30.7. The van der Waals surface area contributed by atoms with Gasteiger partial charge in [-0.25, -0.2) is 0 Å². The maximum Gasteiger partial charge on any atom is 0.0579 e. The van der Waals surface area contributed by atoms with E-state index in [-0.39, 0.29) is 5.92 Å². The molecule has 0 fully saturated rings. The average molecular weight is 655 g/mol. The van der Waals surface area contributed by atoms with Crippen molar-refractivity contribution >= 4 is 40.0 Å². The van der Waals surface area contributed by atoms with E-state index in [9.17, 15) is 0 Å². The third-order valence-electron chi connectivity index (χ3n) is 10.4. The first-order chi connectivity index (χ1) is 25.2. The smallest absolute Gasteiger partial charge is 0.0579 e. The second-order valence-electron chi connectivity index (χ2n) is 13.3. The van der Waals surface area contributed by atoms with Gasteiger partial charge in [-0.1, -0.05) is 146 Å². The molecule has 51 heavy (non-hydrogen) atoms. The SMILES string of the molecule is C=Cc1c(/C=C\C)c2cccc(C3C=Cc4c(c5ccccc5n4-c4cccc(-c5ccccc5)c4)C3)c2n1-c1cccc(-c2ccccc2)c1. The zero-order valence-corrected chi connectivity index (χ0v) is 28.7. The lowest BCUT2D eigenvalue weighted by molar-refractivity contribution is 0.827. The van der Waals surface area contributed by atoms with Crippen molar-refractivity contribution in [3.05, 3.63) is 198 Å². The number of allylic oxidation sites excluding steroid dienone is 2. The van der Waals surface area contributed by atoms with Gasteiger partial charge in [0, 0.05) is 39.3 Å². The average Bonchev–Trinajstić information content (AvgIpc) is 3.71. The van der Waals surface area contributed by atoms with Crippen LogP contribution in [0.5, 0.6) is 0 Å². The van der Waals surface area contributed by atoms with Gasteiger partial charge in [0.05, 0.1) is 16.7 Å². The highest BCUT2D eigenvalue weighted by Gasteiger charge is 2.27. The minimum absolute atomic E-state index is 0.193. The molecule has 2 nitrogen and oxygen atoms in total. The Morgan fingerprint density at radius 1 is 0.608 bits per heavy atom. The number of aromatic nitrogens is 2. The topological polar surface area (TPSA) is 9.86 Å². The minimum atomic E-state index is 0.193. The predicted octanol–water partition coefficient (Wildman–Crippen LogP) is 12.9. The van der Waals surface area contributed by atoms with Crippen molar-refractivity contribution in [2.24, 2.45) is 0 Å². The number of rotatable bonds is 7. The van der Waals surface area contributed by atoms with Crippen molar-refractivity contribution < 1.29 is 0 Å². The van der Waals surface area contributed by atoms with Crippen LogP contribution in [-0.4, -0.2) is 9.13 Å². The zero-order chi connectivity index (χ0) is 34.3. The fourth-order valence-corrected chi connectivity index (χ4v) is 8.13. The predicted molar refractivity (Wildman–Crippen MR) is 218 cm³/mol. The van der Waals surface area contributed by atoms with Crippen LogP contribution in [0.25, 0.3) is 73.7 Å². The van der Waals surface area contributed by atoms with Crippen LogP contribution in [0.1, 0.15) is 40.9 Å². The highest BCUT2D eigenvalue weighted by Crippen LogP contribution is 2.43. The lowest BCUT2D eigenvalue weighted by Crippen LogP contribution is -2.09. The Morgan fingerprint density at radius 3 is 1.86 bits per heavy atom. The fraction of sp³-hybridized carbons (Fsp3) is 0.0612. The largest absolute Gasteiger partial charge is 0.310 e. The van der Waals surface area contributed by atoms with E-state index in [2.05, 4.69) is 199 Å². The fourth-order valence-electron chi connectivity index (χ4n) is 8.13. The second kappa shape index (κ2) is 12.8. The summed E-state index contributed by atoms with van der Waals surface area (Å²) in [4.78, 5) is 0. The van der Waals surface area contributed by atoms with Gasteiger partial charge in [-0.2, -0.15) is 0 Å². The first-order valence-electron chi connectivity index (χ1n) is 17.8. The lowest BCUT2D eigenvalue weighted by atomic mass is 9.85. The Bertz CT molecular complexity index is 2630. The van der Waals surface area contributed by atoms with Gasteiger partial charge < -0.3 is 9.13 Å². The number of nitrogens with zero attached hydrogens (tertiary/aromatic N) is 2. The molecule has 0 bridgehead atoms. The summed E-state index contributed by atoms with van der Waals surface area (Å²) < 4.78 is 4.88. The Kier molecular flexibility index (Phi) is 7.71. The van der Waals surface area contributed by atoms with Crippen molar-refractivity contribution in [3.8, 4) is 33.6 Å². The maximum absolute atomic E-state index is 4.33. The molecular formula is C49H38N2. The maximum atomic E-state index is 4.33. The van der Waals surface area contributed by atoms with E-state index in [1.807, 2.05) is 6.08 Å². The molecule has 6 aromatic carbocycles. The van der Waals surface area contributed by atoms with Crippen LogP contribution >= 0.6 is 0 Å². The number of para-hydroxylation sites is 2. The molecule has 2 aromatic heterocycles. The molecule has 0 saturated carbocycles. The molecule has 2 heteroatoms. The van der Waals surface area contributed by atoms with Gasteiger partial charge in [-0.05, 0) is 89.2 Å². The number of benzene rings is 6. The molecular weight excluding hydrogens is 617 g/mol. The third-order valence-corrected chi connectivity index (χ3v) is 10.4. The summed E-state index contributed by atoms with van der Waals surface area (Å²) in [6.45, 7) is 6.42. The Balaban J connectivity index is 1.21. The number of hydrogen-bond acceptors (Lipinski definition) is 0.